The molecule has 1 aromatic carbocycles. The van der Waals surface area contributed by atoms with Crippen LogP contribution in [0.15, 0.2) is 16.6 Å². The summed E-state index contributed by atoms with van der Waals surface area (Å²) in [5, 5.41) is 0. The molecule has 1 unspecified atom stereocenters. The molecule has 0 heterocycles. The van der Waals surface area contributed by atoms with Gasteiger partial charge in [-0.1, -0.05) is 0 Å². The maximum atomic E-state index is 13.4. The lowest BCUT2D eigenvalue weighted by Crippen LogP contribution is -2.21. The number of esters is 1. The minimum atomic E-state index is -0.545. The van der Waals surface area contributed by atoms with Gasteiger partial charge in [0.1, 0.15) is 18.2 Å². The number of rotatable bonds is 7. The Hall–Kier alpha value is -1.18. The second-order valence-electron chi connectivity index (χ2n) is 3.93. The molecule has 0 spiro atoms. The van der Waals surface area contributed by atoms with Crippen LogP contribution in [0.1, 0.15) is 18.5 Å². The molecule has 0 saturated heterocycles. The SMILES string of the molecule is CCOC(=O)COCC(N)c1cc(Br)c(F)cc1OC. The van der Waals surface area contributed by atoms with Crippen LogP contribution in [0.2, 0.25) is 0 Å². The van der Waals surface area contributed by atoms with Crippen LogP contribution in [0.5, 0.6) is 5.75 Å². The third kappa shape index (κ3) is 4.73. The first-order chi connectivity index (χ1) is 9.49. The summed E-state index contributed by atoms with van der Waals surface area (Å²) in [5.74, 6) is -0.560. The van der Waals surface area contributed by atoms with E-state index < -0.39 is 17.8 Å². The van der Waals surface area contributed by atoms with Gasteiger partial charge < -0.3 is 19.9 Å². The molecule has 5 nitrogen and oxygen atoms in total. The van der Waals surface area contributed by atoms with E-state index in [4.69, 9.17) is 19.9 Å². The summed E-state index contributed by atoms with van der Waals surface area (Å²) >= 11 is 3.09. The fourth-order valence-electron chi connectivity index (χ4n) is 1.57. The van der Waals surface area contributed by atoms with Crippen LogP contribution >= 0.6 is 15.9 Å². The normalized spacial score (nSPS) is 12.1. The predicted octanol–water partition coefficient (Wildman–Crippen LogP) is 2.18. The van der Waals surface area contributed by atoms with Gasteiger partial charge in [0.25, 0.3) is 0 Å². The highest BCUT2D eigenvalue weighted by molar-refractivity contribution is 9.10. The lowest BCUT2D eigenvalue weighted by molar-refractivity contribution is -0.148. The van der Waals surface area contributed by atoms with Crippen LogP contribution in [-0.2, 0) is 14.3 Å². The monoisotopic (exact) mass is 349 g/mol. The second-order valence-corrected chi connectivity index (χ2v) is 4.79. The van der Waals surface area contributed by atoms with Gasteiger partial charge in [-0.05, 0) is 28.9 Å². The minimum Gasteiger partial charge on any atom is -0.496 e. The zero-order valence-corrected chi connectivity index (χ0v) is 12.9. The van der Waals surface area contributed by atoms with Gasteiger partial charge in [-0.2, -0.15) is 0 Å². The topological polar surface area (TPSA) is 70.8 Å². The van der Waals surface area contributed by atoms with Crippen molar-refractivity contribution < 1.29 is 23.4 Å². The van der Waals surface area contributed by atoms with Crippen LogP contribution in [0.4, 0.5) is 4.39 Å². The zero-order valence-electron chi connectivity index (χ0n) is 11.3. The number of carbonyl (C=O) groups excluding carboxylic acids is 1. The highest BCUT2D eigenvalue weighted by atomic mass is 79.9. The van der Waals surface area contributed by atoms with Crippen molar-refractivity contribution in [3.8, 4) is 5.75 Å². The lowest BCUT2D eigenvalue weighted by atomic mass is 10.1. The summed E-state index contributed by atoms with van der Waals surface area (Å²) in [5.41, 5.74) is 6.54. The molecule has 0 aliphatic heterocycles. The van der Waals surface area contributed by atoms with Crippen molar-refractivity contribution in [3.05, 3.63) is 28.0 Å². The molecule has 112 valence electrons. The van der Waals surface area contributed by atoms with E-state index in [9.17, 15) is 9.18 Å². The molecule has 1 aromatic rings. The fraction of sp³-hybridized carbons (Fsp3) is 0.462. The van der Waals surface area contributed by atoms with Crippen molar-refractivity contribution in [2.24, 2.45) is 5.73 Å². The van der Waals surface area contributed by atoms with E-state index >= 15 is 0 Å². The fourth-order valence-corrected chi connectivity index (χ4v) is 1.93. The minimum absolute atomic E-state index is 0.0905. The summed E-state index contributed by atoms with van der Waals surface area (Å²) in [6, 6.07) is 2.23. The van der Waals surface area contributed by atoms with Gasteiger partial charge in [0.2, 0.25) is 0 Å². The highest BCUT2D eigenvalue weighted by Gasteiger charge is 2.16. The van der Waals surface area contributed by atoms with Crippen molar-refractivity contribution in [2.75, 3.05) is 26.9 Å². The molecule has 1 rings (SSSR count). The van der Waals surface area contributed by atoms with Gasteiger partial charge in [0.05, 0.1) is 30.8 Å². The Morgan fingerprint density at radius 1 is 1.50 bits per heavy atom. The van der Waals surface area contributed by atoms with Crippen LogP contribution in [-0.4, -0.2) is 32.9 Å². The Morgan fingerprint density at radius 2 is 2.20 bits per heavy atom. The average molecular weight is 350 g/mol. The molecule has 0 aromatic heterocycles. The number of benzene rings is 1. The van der Waals surface area contributed by atoms with Gasteiger partial charge in [-0.25, -0.2) is 9.18 Å². The first-order valence-corrected chi connectivity index (χ1v) is 6.80. The Labute approximate surface area is 125 Å². The number of nitrogens with two attached hydrogens (primary N) is 1. The molecule has 0 fully saturated rings. The summed E-state index contributed by atoms with van der Waals surface area (Å²) in [6.45, 7) is 1.93. The molecule has 0 aliphatic carbocycles. The van der Waals surface area contributed by atoms with E-state index in [1.165, 1.54) is 19.2 Å². The van der Waals surface area contributed by atoms with Crippen molar-refractivity contribution in [1.82, 2.24) is 0 Å². The van der Waals surface area contributed by atoms with Gasteiger partial charge in [0, 0.05) is 11.6 Å². The Bertz CT molecular complexity index is 470. The van der Waals surface area contributed by atoms with Crippen LogP contribution < -0.4 is 10.5 Å². The molecule has 7 heteroatoms. The quantitative estimate of drug-likeness (QED) is 0.764. The Balaban J connectivity index is 2.65. The highest BCUT2D eigenvalue weighted by Crippen LogP contribution is 2.30. The van der Waals surface area contributed by atoms with E-state index in [0.29, 0.717) is 17.9 Å². The second kappa shape index (κ2) is 8.18. The van der Waals surface area contributed by atoms with Gasteiger partial charge >= 0.3 is 5.97 Å². The predicted molar refractivity (Wildman–Crippen MR) is 75.0 cm³/mol. The molecule has 2 N–H and O–H groups in total. The van der Waals surface area contributed by atoms with Gasteiger partial charge in [-0.3, -0.25) is 0 Å². The van der Waals surface area contributed by atoms with Crippen molar-refractivity contribution in [3.63, 3.8) is 0 Å². The van der Waals surface area contributed by atoms with Gasteiger partial charge in [-0.15, -0.1) is 0 Å². The van der Waals surface area contributed by atoms with E-state index in [1.54, 1.807) is 6.92 Å². The van der Waals surface area contributed by atoms with Gasteiger partial charge in [0.15, 0.2) is 0 Å². The number of hydrogen-bond acceptors (Lipinski definition) is 5. The first-order valence-electron chi connectivity index (χ1n) is 6.01. The van der Waals surface area contributed by atoms with Crippen LogP contribution in [0, 0.1) is 5.82 Å². The third-order valence-corrected chi connectivity index (χ3v) is 3.10. The Morgan fingerprint density at radius 3 is 2.80 bits per heavy atom. The number of hydrogen-bond donors (Lipinski definition) is 1. The third-order valence-electron chi connectivity index (χ3n) is 2.49. The molecular weight excluding hydrogens is 333 g/mol. The molecule has 0 aliphatic rings. The smallest absolute Gasteiger partial charge is 0.332 e. The van der Waals surface area contributed by atoms with Crippen molar-refractivity contribution in [2.45, 2.75) is 13.0 Å². The number of methoxy groups -OCH3 is 1. The molecule has 0 bridgehead atoms. The van der Waals surface area contributed by atoms with Crippen molar-refractivity contribution in [1.29, 1.82) is 0 Å². The average Bonchev–Trinajstić information content (AvgIpc) is 2.41. The van der Waals surface area contributed by atoms with Crippen LogP contribution in [0.3, 0.4) is 0 Å². The number of halogens is 2. The van der Waals surface area contributed by atoms with E-state index in [-0.39, 0.29) is 17.7 Å². The molecule has 0 amide bonds. The maximum Gasteiger partial charge on any atom is 0.332 e. The summed E-state index contributed by atoms with van der Waals surface area (Å²) < 4.78 is 28.7. The molecule has 1 atom stereocenters. The molecule has 0 radical (unpaired) electrons. The van der Waals surface area contributed by atoms with E-state index in [2.05, 4.69) is 15.9 Å². The van der Waals surface area contributed by atoms with E-state index in [0.717, 1.165) is 0 Å². The Kier molecular flexibility index (Phi) is 6.90. The van der Waals surface area contributed by atoms with E-state index in [1.807, 2.05) is 0 Å². The molecule has 0 saturated carbocycles. The largest absolute Gasteiger partial charge is 0.496 e. The van der Waals surface area contributed by atoms with Crippen LogP contribution in [0.25, 0.3) is 0 Å². The lowest BCUT2D eigenvalue weighted by Gasteiger charge is -2.16. The zero-order chi connectivity index (χ0) is 15.1. The number of carbonyl (C=O) groups is 1. The molecular formula is C13H17BrFNO4. The standard InChI is InChI=1S/C13H17BrFNO4/c1-3-20-13(17)7-19-6-11(16)8-4-9(14)10(15)5-12(8)18-2/h4-5,11H,3,6-7,16H2,1-2H3. The summed E-state index contributed by atoms with van der Waals surface area (Å²) in [4.78, 5) is 11.1. The maximum absolute atomic E-state index is 13.4. The molecule has 20 heavy (non-hydrogen) atoms. The summed E-state index contributed by atoms with van der Waals surface area (Å²) in [7, 11) is 1.43. The first kappa shape index (κ1) is 16.9. The van der Waals surface area contributed by atoms with Crippen molar-refractivity contribution >= 4 is 21.9 Å². The number of ether oxygens (including phenoxy) is 3. The summed E-state index contributed by atoms with van der Waals surface area (Å²) in [6.07, 6.45) is 0.